The third kappa shape index (κ3) is 3.51. The molecule has 0 aliphatic carbocycles. The van der Waals surface area contributed by atoms with E-state index in [0.29, 0.717) is 24.8 Å². The summed E-state index contributed by atoms with van der Waals surface area (Å²) >= 11 is 0. The molecule has 0 radical (unpaired) electrons. The third-order valence-electron chi connectivity index (χ3n) is 3.82. The molecule has 1 aliphatic heterocycles. The van der Waals surface area contributed by atoms with E-state index in [4.69, 9.17) is 4.74 Å². The van der Waals surface area contributed by atoms with E-state index in [2.05, 4.69) is 21.4 Å². The Labute approximate surface area is 135 Å². The van der Waals surface area contributed by atoms with Crippen LogP contribution in [0.2, 0.25) is 0 Å². The highest BCUT2D eigenvalue weighted by molar-refractivity contribution is 7.90. The molecule has 0 saturated carbocycles. The quantitative estimate of drug-likeness (QED) is 0.920. The molecule has 1 aromatic heterocycles. The van der Waals surface area contributed by atoms with Gasteiger partial charge in [-0.3, -0.25) is 0 Å². The summed E-state index contributed by atoms with van der Waals surface area (Å²) in [6.45, 7) is 2.84. The molecule has 0 saturated heterocycles. The zero-order valence-electron chi connectivity index (χ0n) is 13.1. The number of benzene rings is 1. The molecule has 6 nitrogen and oxygen atoms in total. The lowest BCUT2D eigenvalue weighted by Gasteiger charge is -2.26. The number of anilines is 1. The van der Waals surface area contributed by atoms with E-state index in [1.807, 2.05) is 18.2 Å². The van der Waals surface area contributed by atoms with Crippen molar-refractivity contribution in [3.63, 3.8) is 0 Å². The molecular weight excluding hydrogens is 314 g/mol. The topological polar surface area (TPSA) is 81.2 Å². The second kappa shape index (κ2) is 6.25. The van der Waals surface area contributed by atoms with Crippen molar-refractivity contribution < 1.29 is 13.2 Å². The van der Waals surface area contributed by atoms with Gasteiger partial charge in [0.15, 0.2) is 9.84 Å². The van der Waals surface area contributed by atoms with Gasteiger partial charge in [0.2, 0.25) is 0 Å². The molecule has 1 aromatic carbocycles. The fourth-order valence-corrected chi connectivity index (χ4v) is 3.41. The normalized spacial score (nSPS) is 17.6. The van der Waals surface area contributed by atoms with Crippen LogP contribution in [0, 0.1) is 6.92 Å². The van der Waals surface area contributed by atoms with Gasteiger partial charge in [-0.2, -0.15) is 0 Å². The molecule has 2 aromatic rings. The van der Waals surface area contributed by atoms with Gasteiger partial charge in [0.1, 0.15) is 16.5 Å². The Morgan fingerprint density at radius 1 is 1.35 bits per heavy atom. The minimum atomic E-state index is -3.39. The van der Waals surface area contributed by atoms with Gasteiger partial charge in [-0.25, -0.2) is 18.4 Å². The average molecular weight is 333 g/mol. The third-order valence-corrected chi connectivity index (χ3v) is 4.92. The van der Waals surface area contributed by atoms with Gasteiger partial charge in [0, 0.05) is 12.8 Å². The largest absolute Gasteiger partial charge is 0.371 e. The molecule has 1 atom stereocenters. The molecule has 2 heterocycles. The lowest BCUT2D eigenvalue weighted by Crippen LogP contribution is -2.23. The monoisotopic (exact) mass is 333 g/mol. The Bertz CT molecular complexity index is 821. The molecule has 0 fully saturated rings. The standard InChI is InChI=1S/C16H19N3O3S/c1-11-17-10-15(23(2,20)21)16(19-11)18-9-14-13-6-4-3-5-12(13)7-8-22-14/h3-6,10,14H,7-9H2,1-2H3,(H,17,18,19)/t14-/m1/s1. The molecule has 1 aliphatic rings. The summed E-state index contributed by atoms with van der Waals surface area (Å²) in [5, 5.41) is 3.12. The van der Waals surface area contributed by atoms with Crippen molar-refractivity contribution >= 4 is 15.7 Å². The number of rotatable bonds is 4. The lowest BCUT2D eigenvalue weighted by molar-refractivity contribution is 0.0512. The van der Waals surface area contributed by atoms with Crippen LogP contribution in [0.25, 0.3) is 0 Å². The van der Waals surface area contributed by atoms with Crippen molar-refractivity contribution in [3.8, 4) is 0 Å². The van der Waals surface area contributed by atoms with Crippen LogP contribution in [0.5, 0.6) is 0 Å². The predicted octanol–water partition coefficient (Wildman–Crippen LogP) is 1.91. The SMILES string of the molecule is Cc1ncc(S(C)(=O)=O)c(NC[C@H]2OCCc3ccccc32)n1. The van der Waals surface area contributed by atoms with Gasteiger partial charge < -0.3 is 10.1 Å². The molecule has 3 rings (SSSR count). The van der Waals surface area contributed by atoms with E-state index in [9.17, 15) is 8.42 Å². The van der Waals surface area contributed by atoms with Crippen molar-refractivity contribution in [2.75, 3.05) is 24.7 Å². The number of aromatic nitrogens is 2. The maximum atomic E-state index is 11.9. The van der Waals surface area contributed by atoms with Gasteiger partial charge in [-0.05, 0) is 24.5 Å². The highest BCUT2D eigenvalue weighted by atomic mass is 32.2. The highest BCUT2D eigenvalue weighted by Gasteiger charge is 2.22. The van der Waals surface area contributed by atoms with Gasteiger partial charge in [0.25, 0.3) is 0 Å². The van der Waals surface area contributed by atoms with Crippen LogP contribution < -0.4 is 5.32 Å². The molecule has 1 N–H and O–H groups in total. The zero-order chi connectivity index (χ0) is 16.4. The van der Waals surface area contributed by atoms with Crippen molar-refractivity contribution in [1.82, 2.24) is 9.97 Å². The molecule has 0 amide bonds. The number of nitrogens with zero attached hydrogens (tertiary/aromatic N) is 2. The average Bonchev–Trinajstić information content (AvgIpc) is 2.51. The number of ether oxygens (including phenoxy) is 1. The van der Waals surface area contributed by atoms with Crippen molar-refractivity contribution in [2.24, 2.45) is 0 Å². The summed E-state index contributed by atoms with van der Waals surface area (Å²) in [6, 6.07) is 8.15. The summed E-state index contributed by atoms with van der Waals surface area (Å²) in [7, 11) is -3.39. The first-order valence-corrected chi connectivity index (χ1v) is 9.31. The number of aryl methyl sites for hydroxylation is 1. The second-order valence-electron chi connectivity index (χ2n) is 5.59. The van der Waals surface area contributed by atoms with Crippen molar-refractivity contribution in [2.45, 2.75) is 24.3 Å². The molecule has 0 bridgehead atoms. The van der Waals surface area contributed by atoms with Crippen LogP contribution in [0.1, 0.15) is 23.1 Å². The van der Waals surface area contributed by atoms with Crippen LogP contribution >= 0.6 is 0 Å². The Morgan fingerprint density at radius 3 is 2.91 bits per heavy atom. The van der Waals surface area contributed by atoms with Crippen LogP contribution in [0.3, 0.4) is 0 Å². The summed E-state index contributed by atoms with van der Waals surface area (Å²) in [6.07, 6.45) is 3.27. The van der Waals surface area contributed by atoms with E-state index in [-0.39, 0.29) is 11.0 Å². The second-order valence-corrected chi connectivity index (χ2v) is 7.58. The Morgan fingerprint density at radius 2 is 2.13 bits per heavy atom. The van der Waals surface area contributed by atoms with Crippen molar-refractivity contribution in [3.05, 3.63) is 47.4 Å². The molecule has 0 spiro atoms. The number of hydrogen-bond donors (Lipinski definition) is 1. The Hall–Kier alpha value is -1.99. The minimum Gasteiger partial charge on any atom is -0.371 e. The lowest BCUT2D eigenvalue weighted by atomic mass is 9.97. The molecule has 122 valence electrons. The number of nitrogens with one attached hydrogen (secondary N) is 1. The number of fused-ring (bicyclic) bond motifs is 1. The summed E-state index contributed by atoms with van der Waals surface area (Å²) in [5.41, 5.74) is 2.41. The van der Waals surface area contributed by atoms with Gasteiger partial charge in [-0.1, -0.05) is 24.3 Å². The van der Waals surface area contributed by atoms with Crippen LogP contribution in [-0.2, 0) is 21.0 Å². The maximum absolute atomic E-state index is 11.9. The van der Waals surface area contributed by atoms with E-state index >= 15 is 0 Å². The van der Waals surface area contributed by atoms with Crippen LogP contribution in [-0.4, -0.2) is 37.8 Å². The van der Waals surface area contributed by atoms with Crippen LogP contribution in [0.15, 0.2) is 35.4 Å². The number of hydrogen-bond acceptors (Lipinski definition) is 6. The van der Waals surface area contributed by atoms with Gasteiger partial charge in [-0.15, -0.1) is 0 Å². The molecular formula is C16H19N3O3S. The first-order valence-electron chi connectivity index (χ1n) is 7.42. The summed E-state index contributed by atoms with van der Waals surface area (Å²) < 4.78 is 29.6. The van der Waals surface area contributed by atoms with E-state index in [0.717, 1.165) is 18.2 Å². The predicted molar refractivity (Wildman–Crippen MR) is 87.2 cm³/mol. The van der Waals surface area contributed by atoms with E-state index in [1.54, 1.807) is 6.92 Å². The van der Waals surface area contributed by atoms with E-state index in [1.165, 1.54) is 11.8 Å². The fraction of sp³-hybridized carbons (Fsp3) is 0.375. The van der Waals surface area contributed by atoms with Gasteiger partial charge >= 0.3 is 0 Å². The number of sulfone groups is 1. The maximum Gasteiger partial charge on any atom is 0.180 e. The first-order chi connectivity index (χ1) is 10.9. The molecule has 23 heavy (non-hydrogen) atoms. The van der Waals surface area contributed by atoms with Gasteiger partial charge in [0.05, 0.1) is 18.9 Å². The highest BCUT2D eigenvalue weighted by Crippen LogP contribution is 2.27. The molecule has 7 heteroatoms. The Kier molecular flexibility index (Phi) is 4.32. The fourth-order valence-electron chi connectivity index (χ4n) is 2.69. The van der Waals surface area contributed by atoms with Crippen molar-refractivity contribution in [1.29, 1.82) is 0 Å². The summed E-state index contributed by atoms with van der Waals surface area (Å²) in [4.78, 5) is 8.30. The summed E-state index contributed by atoms with van der Waals surface area (Å²) in [5.74, 6) is 0.844. The zero-order valence-corrected chi connectivity index (χ0v) is 13.9. The minimum absolute atomic E-state index is 0.104. The molecule has 0 unspecified atom stereocenters. The smallest absolute Gasteiger partial charge is 0.180 e. The van der Waals surface area contributed by atoms with E-state index < -0.39 is 9.84 Å². The Balaban J connectivity index is 1.84. The first kappa shape index (κ1) is 15.9. The van der Waals surface area contributed by atoms with Crippen LogP contribution in [0.4, 0.5) is 5.82 Å².